The summed E-state index contributed by atoms with van der Waals surface area (Å²) < 4.78 is 4.42. The quantitative estimate of drug-likeness (QED) is 0.206. The van der Waals surface area contributed by atoms with Gasteiger partial charge in [-0.2, -0.15) is 0 Å². The van der Waals surface area contributed by atoms with Gasteiger partial charge in [-0.1, -0.05) is 60.7 Å². The summed E-state index contributed by atoms with van der Waals surface area (Å²) in [5.41, 5.74) is 6.82. The average molecular weight is 568 g/mol. The fourth-order valence-corrected chi connectivity index (χ4v) is 5.55. The molecule has 0 radical (unpaired) electrons. The number of rotatable bonds is 4. The van der Waals surface area contributed by atoms with Gasteiger partial charge in [-0.25, -0.2) is 0 Å². The van der Waals surface area contributed by atoms with Crippen molar-refractivity contribution in [1.82, 2.24) is 4.57 Å². The molecule has 5 aromatic carbocycles. The van der Waals surface area contributed by atoms with Crippen molar-refractivity contribution >= 4 is 70.7 Å². The van der Waals surface area contributed by atoms with Crippen LogP contribution in [0.5, 0.6) is 0 Å². The molecular weight excluding hydrogens is 548 g/mol. The first-order valence-corrected chi connectivity index (χ1v) is 12.7. The summed E-state index contributed by atoms with van der Waals surface area (Å²) in [6, 6.07) is 42.6. The molecule has 0 atom stereocenters. The highest BCUT2D eigenvalue weighted by Gasteiger charge is 2.18. The summed E-state index contributed by atoms with van der Waals surface area (Å²) in [5, 5.41) is 2.54. The maximum absolute atomic E-state index is 3.76. The van der Waals surface area contributed by atoms with E-state index in [0.717, 1.165) is 31.7 Å². The standard InChI is InChI=1S/C30H20Br2N2/c31-25-11-3-7-15-29(25)34(30-16-8-4-12-26(30)32)22-19-17-21(18-20-22)33-27-13-5-1-9-23(27)24-10-2-6-14-28(24)33/h1-20H. The third-order valence-electron chi connectivity index (χ3n) is 6.13. The molecule has 0 fully saturated rings. The van der Waals surface area contributed by atoms with Crippen molar-refractivity contribution in [2.75, 3.05) is 4.90 Å². The minimum Gasteiger partial charge on any atom is -0.309 e. The molecule has 1 aromatic heterocycles. The number of anilines is 3. The molecule has 0 aliphatic rings. The van der Waals surface area contributed by atoms with Gasteiger partial charge in [0.05, 0.1) is 22.4 Å². The molecule has 0 bridgehead atoms. The molecule has 4 heteroatoms. The van der Waals surface area contributed by atoms with Gasteiger partial charge in [0.15, 0.2) is 0 Å². The fraction of sp³-hybridized carbons (Fsp3) is 0. The lowest BCUT2D eigenvalue weighted by molar-refractivity contribution is 1.17. The van der Waals surface area contributed by atoms with Crippen LogP contribution in [0, 0.1) is 0 Å². The summed E-state index contributed by atoms with van der Waals surface area (Å²) in [7, 11) is 0. The van der Waals surface area contributed by atoms with Gasteiger partial charge >= 0.3 is 0 Å². The van der Waals surface area contributed by atoms with Crippen molar-refractivity contribution in [2.45, 2.75) is 0 Å². The van der Waals surface area contributed by atoms with E-state index < -0.39 is 0 Å². The number of para-hydroxylation sites is 4. The average Bonchev–Trinajstić information content (AvgIpc) is 3.21. The maximum atomic E-state index is 3.76. The number of nitrogens with zero attached hydrogens (tertiary/aromatic N) is 2. The molecule has 0 aliphatic carbocycles. The number of aromatic nitrogens is 1. The summed E-state index contributed by atoms with van der Waals surface area (Å²) in [4.78, 5) is 2.27. The second kappa shape index (κ2) is 8.79. The van der Waals surface area contributed by atoms with Crippen molar-refractivity contribution in [3.8, 4) is 5.69 Å². The Labute approximate surface area is 215 Å². The maximum Gasteiger partial charge on any atom is 0.0604 e. The molecule has 0 spiro atoms. The molecule has 0 N–H and O–H groups in total. The lowest BCUT2D eigenvalue weighted by Crippen LogP contribution is -2.11. The molecule has 1 heterocycles. The lowest BCUT2D eigenvalue weighted by Gasteiger charge is -2.27. The predicted molar refractivity (Wildman–Crippen MR) is 151 cm³/mol. The topological polar surface area (TPSA) is 8.17 Å². The largest absolute Gasteiger partial charge is 0.309 e. The van der Waals surface area contributed by atoms with Crippen LogP contribution in [0.15, 0.2) is 130 Å². The Bertz CT molecular complexity index is 1540. The van der Waals surface area contributed by atoms with Crippen LogP contribution in [0.25, 0.3) is 27.5 Å². The molecule has 0 amide bonds. The first-order chi connectivity index (χ1) is 16.7. The molecule has 6 aromatic rings. The van der Waals surface area contributed by atoms with Crippen molar-refractivity contribution < 1.29 is 0 Å². The molecular formula is C30H20Br2N2. The Morgan fingerprint density at radius 3 is 1.41 bits per heavy atom. The van der Waals surface area contributed by atoms with E-state index in [0.29, 0.717) is 0 Å². The van der Waals surface area contributed by atoms with Crippen LogP contribution in [0.1, 0.15) is 0 Å². The smallest absolute Gasteiger partial charge is 0.0604 e. The van der Waals surface area contributed by atoms with Crippen molar-refractivity contribution in [3.05, 3.63) is 130 Å². The summed E-state index contributed by atoms with van der Waals surface area (Å²) >= 11 is 7.51. The second-order valence-corrected chi connectivity index (χ2v) is 9.83. The van der Waals surface area contributed by atoms with E-state index in [-0.39, 0.29) is 0 Å². The molecule has 34 heavy (non-hydrogen) atoms. The Kier molecular flexibility index (Phi) is 5.48. The van der Waals surface area contributed by atoms with Gasteiger partial charge in [-0.3, -0.25) is 0 Å². The molecule has 0 saturated carbocycles. The zero-order chi connectivity index (χ0) is 23.1. The van der Waals surface area contributed by atoms with Crippen LogP contribution >= 0.6 is 31.9 Å². The van der Waals surface area contributed by atoms with E-state index in [4.69, 9.17) is 0 Å². The lowest BCUT2D eigenvalue weighted by atomic mass is 10.2. The zero-order valence-corrected chi connectivity index (χ0v) is 21.4. The minimum atomic E-state index is 1.04. The van der Waals surface area contributed by atoms with E-state index in [1.807, 2.05) is 12.1 Å². The Hall–Kier alpha value is -3.34. The highest BCUT2D eigenvalue weighted by Crippen LogP contribution is 2.42. The molecule has 164 valence electrons. The molecule has 0 unspecified atom stereocenters. The number of hydrogen-bond donors (Lipinski definition) is 0. The van der Waals surface area contributed by atoms with Gasteiger partial charge in [0.1, 0.15) is 0 Å². The van der Waals surface area contributed by atoms with Crippen molar-refractivity contribution in [3.63, 3.8) is 0 Å². The van der Waals surface area contributed by atoms with Gasteiger partial charge in [-0.05, 0) is 92.5 Å². The third kappa shape index (κ3) is 3.54. The highest BCUT2D eigenvalue weighted by molar-refractivity contribution is 9.11. The Morgan fingerprint density at radius 2 is 0.912 bits per heavy atom. The van der Waals surface area contributed by atoms with Crippen LogP contribution in [0.4, 0.5) is 17.1 Å². The van der Waals surface area contributed by atoms with Gasteiger partial charge in [0, 0.05) is 31.1 Å². The van der Waals surface area contributed by atoms with Gasteiger partial charge in [0.2, 0.25) is 0 Å². The minimum absolute atomic E-state index is 1.04. The van der Waals surface area contributed by atoms with Gasteiger partial charge in [0.25, 0.3) is 0 Å². The zero-order valence-electron chi connectivity index (χ0n) is 18.2. The van der Waals surface area contributed by atoms with E-state index in [2.05, 4.69) is 151 Å². The number of benzene rings is 5. The van der Waals surface area contributed by atoms with E-state index in [9.17, 15) is 0 Å². The van der Waals surface area contributed by atoms with Crippen LogP contribution in [0.2, 0.25) is 0 Å². The summed E-state index contributed by atoms with van der Waals surface area (Å²) in [6.07, 6.45) is 0. The van der Waals surface area contributed by atoms with Crippen molar-refractivity contribution in [1.29, 1.82) is 0 Å². The van der Waals surface area contributed by atoms with E-state index in [1.165, 1.54) is 21.8 Å². The fourth-order valence-electron chi connectivity index (χ4n) is 4.63. The van der Waals surface area contributed by atoms with Crippen LogP contribution in [0.3, 0.4) is 0 Å². The first kappa shape index (κ1) is 21.2. The molecule has 0 aliphatic heterocycles. The van der Waals surface area contributed by atoms with Crippen LogP contribution < -0.4 is 4.90 Å². The summed E-state index contributed by atoms with van der Waals surface area (Å²) in [5.74, 6) is 0. The Balaban J connectivity index is 1.53. The van der Waals surface area contributed by atoms with E-state index >= 15 is 0 Å². The predicted octanol–water partition coefficient (Wildman–Crippen LogP) is 9.78. The molecule has 6 rings (SSSR count). The molecule has 0 saturated heterocycles. The third-order valence-corrected chi connectivity index (χ3v) is 7.47. The van der Waals surface area contributed by atoms with Crippen LogP contribution in [-0.4, -0.2) is 4.57 Å². The van der Waals surface area contributed by atoms with Gasteiger partial charge in [-0.15, -0.1) is 0 Å². The summed E-state index contributed by atoms with van der Waals surface area (Å²) in [6.45, 7) is 0. The SMILES string of the molecule is Brc1ccccc1N(c1ccc(-n2c3ccccc3c3ccccc32)cc1)c1ccccc1Br. The van der Waals surface area contributed by atoms with Crippen LogP contribution in [-0.2, 0) is 0 Å². The number of fused-ring (bicyclic) bond motifs is 3. The van der Waals surface area contributed by atoms with Gasteiger partial charge < -0.3 is 9.47 Å². The van der Waals surface area contributed by atoms with Crippen molar-refractivity contribution in [2.24, 2.45) is 0 Å². The first-order valence-electron chi connectivity index (χ1n) is 11.1. The Morgan fingerprint density at radius 1 is 0.471 bits per heavy atom. The highest BCUT2D eigenvalue weighted by atomic mass is 79.9. The number of hydrogen-bond acceptors (Lipinski definition) is 1. The normalized spacial score (nSPS) is 11.2. The second-order valence-electron chi connectivity index (χ2n) is 8.12. The monoisotopic (exact) mass is 566 g/mol. The van der Waals surface area contributed by atoms with E-state index in [1.54, 1.807) is 0 Å². The number of halogens is 2. The molecule has 2 nitrogen and oxygen atoms in total.